The van der Waals surface area contributed by atoms with Crippen LogP contribution in [0.1, 0.15) is 20.3 Å². The number of H-pyrrole nitrogens is 2. The lowest BCUT2D eigenvalue weighted by Gasteiger charge is -2.16. The molecule has 6 rings (SSSR count). The molecule has 4 N–H and O–H groups in total. The summed E-state index contributed by atoms with van der Waals surface area (Å²) in [5, 5.41) is 22.0. The van der Waals surface area contributed by atoms with Crippen LogP contribution in [0.4, 0.5) is 10.1 Å². The monoisotopic (exact) mass is 594 g/mol. The number of anilines is 1. The van der Waals surface area contributed by atoms with E-state index in [1.54, 1.807) is 18.6 Å². The molecule has 226 valence electrons. The van der Waals surface area contributed by atoms with Crippen LogP contribution in [0, 0.1) is 11.7 Å². The van der Waals surface area contributed by atoms with Crippen molar-refractivity contribution in [3.05, 3.63) is 72.9 Å². The molecule has 44 heavy (non-hydrogen) atoms. The van der Waals surface area contributed by atoms with Crippen LogP contribution in [0.3, 0.4) is 0 Å². The summed E-state index contributed by atoms with van der Waals surface area (Å²) >= 11 is 0. The molecule has 10 nitrogen and oxygen atoms in total. The zero-order valence-corrected chi connectivity index (χ0v) is 25.1. The van der Waals surface area contributed by atoms with Crippen LogP contribution in [0.2, 0.25) is 0 Å². The second-order valence-electron chi connectivity index (χ2n) is 11.6. The average molecular weight is 595 g/mol. The number of hydrogen-bond donors (Lipinski definition) is 4. The van der Waals surface area contributed by atoms with Crippen molar-refractivity contribution < 1.29 is 14.2 Å². The Kier molecular flexibility index (Phi) is 8.23. The van der Waals surface area contributed by atoms with Crippen LogP contribution < -0.4 is 10.1 Å². The highest BCUT2D eigenvalue weighted by molar-refractivity contribution is 5.97. The van der Waals surface area contributed by atoms with Gasteiger partial charge in [0.05, 0.1) is 17.4 Å². The predicted octanol–water partition coefficient (Wildman–Crippen LogP) is 6.09. The zero-order chi connectivity index (χ0) is 30.8. The number of aliphatic hydroxyl groups excluding tert-OH is 1. The molecule has 0 fully saturated rings. The van der Waals surface area contributed by atoms with Crippen molar-refractivity contribution in [3.8, 4) is 39.5 Å². The molecule has 2 aromatic carbocycles. The Morgan fingerprint density at radius 2 is 1.89 bits per heavy atom. The first-order chi connectivity index (χ1) is 21.2. The lowest BCUT2D eigenvalue weighted by Crippen LogP contribution is -2.20. The topological polar surface area (TPSA) is 128 Å². The predicted molar refractivity (Wildman–Crippen MR) is 171 cm³/mol. The molecule has 1 unspecified atom stereocenters. The summed E-state index contributed by atoms with van der Waals surface area (Å²) in [6, 6.07) is 14.4. The van der Waals surface area contributed by atoms with Crippen LogP contribution in [0.25, 0.3) is 55.8 Å². The lowest BCUT2D eigenvalue weighted by molar-refractivity contribution is 0.176. The number of aromatic amines is 2. The van der Waals surface area contributed by atoms with Gasteiger partial charge in [0.1, 0.15) is 35.6 Å². The minimum Gasteiger partial charge on any atom is -0.492 e. The third-order valence-corrected chi connectivity index (χ3v) is 7.26. The van der Waals surface area contributed by atoms with Crippen LogP contribution >= 0.6 is 0 Å². The van der Waals surface area contributed by atoms with Gasteiger partial charge in [-0.05, 0) is 74.0 Å². The normalized spacial score (nSPS) is 12.5. The Labute approximate surface area is 254 Å². The van der Waals surface area contributed by atoms with Gasteiger partial charge in [0.15, 0.2) is 11.5 Å². The number of benzene rings is 2. The van der Waals surface area contributed by atoms with E-state index in [1.807, 2.05) is 55.4 Å². The third-order valence-electron chi connectivity index (χ3n) is 7.26. The summed E-state index contributed by atoms with van der Waals surface area (Å²) in [5.74, 6) is 0.958. The number of likely N-dealkylation sites (N-methyl/N-ethyl adjacent to an activating group) is 1. The Bertz CT molecular complexity index is 1920. The van der Waals surface area contributed by atoms with E-state index in [0.717, 1.165) is 33.3 Å². The minimum atomic E-state index is -0.656. The SMILES string of the molecule is CC(C)CC(O)Nc1cncc(-c2ccc3[nH]nc(-c4nc5c(-c6cc(F)cc(OCCN(C)C)c6)ccnc5[nH]4)c3c2)c1. The number of nitrogens with one attached hydrogen (secondary N) is 3. The summed E-state index contributed by atoms with van der Waals surface area (Å²) in [4.78, 5) is 19.0. The van der Waals surface area contributed by atoms with Crippen molar-refractivity contribution in [1.82, 2.24) is 35.0 Å². The van der Waals surface area contributed by atoms with E-state index in [4.69, 9.17) is 9.72 Å². The summed E-state index contributed by atoms with van der Waals surface area (Å²) < 4.78 is 20.5. The minimum absolute atomic E-state index is 0.360. The second-order valence-corrected chi connectivity index (χ2v) is 11.6. The molecule has 11 heteroatoms. The molecule has 0 bridgehead atoms. The Balaban J connectivity index is 1.33. The van der Waals surface area contributed by atoms with Gasteiger partial charge in [-0.15, -0.1) is 0 Å². The number of rotatable bonds is 11. The van der Waals surface area contributed by atoms with E-state index in [-0.39, 0.29) is 0 Å². The maximum Gasteiger partial charge on any atom is 0.160 e. The molecule has 0 radical (unpaired) electrons. The highest BCUT2D eigenvalue weighted by atomic mass is 19.1. The number of halogens is 1. The molecule has 0 saturated heterocycles. The van der Waals surface area contributed by atoms with Gasteiger partial charge in [-0.1, -0.05) is 19.9 Å². The molecule has 4 heterocycles. The summed E-state index contributed by atoms with van der Waals surface area (Å²) in [6.07, 6.45) is 5.13. The molecule has 0 spiro atoms. The zero-order valence-electron chi connectivity index (χ0n) is 25.1. The van der Waals surface area contributed by atoms with Gasteiger partial charge in [-0.3, -0.25) is 10.1 Å². The van der Waals surface area contributed by atoms with Crippen LogP contribution in [-0.4, -0.2) is 73.6 Å². The highest BCUT2D eigenvalue weighted by Crippen LogP contribution is 2.34. The van der Waals surface area contributed by atoms with Crippen LogP contribution in [0.15, 0.2) is 67.1 Å². The lowest BCUT2D eigenvalue weighted by atomic mass is 10.0. The number of imidazole rings is 1. The first-order valence-electron chi connectivity index (χ1n) is 14.5. The van der Waals surface area contributed by atoms with Crippen molar-refractivity contribution in [2.24, 2.45) is 5.92 Å². The van der Waals surface area contributed by atoms with Gasteiger partial charge in [0.2, 0.25) is 0 Å². The molecule has 0 amide bonds. The van der Waals surface area contributed by atoms with Crippen molar-refractivity contribution >= 4 is 27.8 Å². The first kappa shape index (κ1) is 29.2. The Morgan fingerprint density at radius 3 is 2.70 bits per heavy atom. The third kappa shape index (κ3) is 6.38. The fraction of sp³-hybridized carbons (Fsp3) is 0.273. The molecule has 4 aromatic heterocycles. The molecule has 0 aliphatic heterocycles. The first-order valence-corrected chi connectivity index (χ1v) is 14.5. The van der Waals surface area contributed by atoms with Crippen molar-refractivity contribution in [1.29, 1.82) is 0 Å². The molecular formula is C33H35FN8O2. The quantitative estimate of drug-likeness (QED) is 0.133. The number of hydrogen-bond acceptors (Lipinski definition) is 8. The van der Waals surface area contributed by atoms with E-state index < -0.39 is 12.0 Å². The maximum atomic E-state index is 14.6. The van der Waals surface area contributed by atoms with E-state index in [0.29, 0.717) is 59.5 Å². The number of nitrogens with zero attached hydrogens (tertiary/aromatic N) is 5. The number of aromatic nitrogens is 6. The van der Waals surface area contributed by atoms with Crippen LogP contribution in [-0.2, 0) is 0 Å². The van der Waals surface area contributed by atoms with Gasteiger partial charge in [-0.2, -0.15) is 5.10 Å². The number of aliphatic hydroxyl groups is 1. The molecule has 6 aromatic rings. The molecule has 1 atom stereocenters. The molecule has 0 aliphatic rings. The fourth-order valence-corrected chi connectivity index (χ4v) is 5.15. The Morgan fingerprint density at radius 1 is 1.02 bits per heavy atom. The van der Waals surface area contributed by atoms with Crippen molar-refractivity contribution in [2.75, 3.05) is 32.6 Å². The molecular weight excluding hydrogens is 559 g/mol. The van der Waals surface area contributed by atoms with Gasteiger partial charge in [0.25, 0.3) is 0 Å². The second kappa shape index (κ2) is 12.4. The number of fused-ring (bicyclic) bond motifs is 2. The molecule has 0 aliphatic carbocycles. The molecule has 0 saturated carbocycles. The standard InChI is InChI=1S/C33H35FN8O2/c1-19(2)11-29(43)37-24-13-22(17-35-18-24)20-5-6-28-27(15-20)31(41-40-28)33-38-30-26(7-8-36-32(30)39-33)21-12-23(34)16-25(14-21)44-10-9-42(3)4/h5-8,12-19,29,37,43H,9-11H2,1-4H3,(H,40,41)(H,36,38,39). The smallest absolute Gasteiger partial charge is 0.160 e. The summed E-state index contributed by atoms with van der Waals surface area (Å²) in [6.45, 7) is 5.29. The van der Waals surface area contributed by atoms with Crippen LogP contribution in [0.5, 0.6) is 5.75 Å². The van der Waals surface area contributed by atoms with E-state index in [1.165, 1.54) is 12.1 Å². The number of ether oxygens (including phenoxy) is 1. The highest BCUT2D eigenvalue weighted by Gasteiger charge is 2.18. The van der Waals surface area contributed by atoms with Crippen molar-refractivity contribution in [2.45, 2.75) is 26.5 Å². The van der Waals surface area contributed by atoms with E-state index in [2.05, 4.69) is 44.3 Å². The Hall–Kier alpha value is -4.87. The maximum absolute atomic E-state index is 14.6. The van der Waals surface area contributed by atoms with Gasteiger partial charge < -0.3 is 25.0 Å². The number of pyridine rings is 2. The van der Waals surface area contributed by atoms with Gasteiger partial charge in [0, 0.05) is 41.5 Å². The largest absolute Gasteiger partial charge is 0.492 e. The summed E-state index contributed by atoms with van der Waals surface area (Å²) in [7, 11) is 3.92. The van der Waals surface area contributed by atoms with Crippen molar-refractivity contribution in [3.63, 3.8) is 0 Å². The van der Waals surface area contributed by atoms with Gasteiger partial charge >= 0.3 is 0 Å². The average Bonchev–Trinajstić information content (AvgIpc) is 3.60. The summed E-state index contributed by atoms with van der Waals surface area (Å²) in [5.41, 5.74) is 6.57. The fourth-order valence-electron chi connectivity index (χ4n) is 5.15. The van der Waals surface area contributed by atoms with E-state index in [9.17, 15) is 9.50 Å². The van der Waals surface area contributed by atoms with Gasteiger partial charge in [-0.25, -0.2) is 14.4 Å². The van der Waals surface area contributed by atoms with E-state index >= 15 is 0 Å².